The van der Waals surface area contributed by atoms with Gasteiger partial charge in [-0.15, -0.1) is 0 Å². The fraction of sp³-hybridized carbons (Fsp3) is 0.533. The van der Waals surface area contributed by atoms with Gasteiger partial charge in [-0.05, 0) is 44.0 Å². The largest absolute Gasteiger partial charge is 0.483 e. The van der Waals surface area contributed by atoms with E-state index >= 15 is 0 Å². The van der Waals surface area contributed by atoms with Gasteiger partial charge in [-0.3, -0.25) is 4.79 Å². The molecule has 0 radical (unpaired) electrons. The lowest BCUT2D eigenvalue weighted by Crippen LogP contribution is -2.35. The Morgan fingerprint density at radius 3 is 2.74 bits per heavy atom. The van der Waals surface area contributed by atoms with Gasteiger partial charge in [0.1, 0.15) is 5.75 Å². The molecule has 0 saturated carbocycles. The van der Waals surface area contributed by atoms with Crippen LogP contribution in [0.5, 0.6) is 5.75 Å². The first kappa shape index (κ1) is 15.5. The lowest BCUT2D eigenvalue weighted by atomic mass is 10.1. The molecule has 1 aromatic carbocycles. The van der Waals surface area contributed by atoms with Crippen molar-refractivity contribution in [3.05, 3.63) is 29.3 Å². The normalized spacial score (nSPS) is 10.3. The lowest BCUT2D eigenvalue weighted by molar-refractivity contribution is -0.123. The van der Waals surface area contributed by atoms with Gasteiger partial charge in [0.25, 0.3) is 5.91 Å². The Balaban J connectivity index is 2.24. The Bertz CT molecular complexity index is 405. The molecule has 0 heterocycles. The van der Waals surface area contributed by atoms with Gasteiger partial charge in [-0.2, -0.15) is 0 Å². The third-order valence-corrected chi connectivity index (χ3v) is 2.75. The van der Waals surface area contributed by atoms with Crippen LogP contribution in [0.1, 0.15) is 24.5 Å². The average Bonchev–Trinajstić information content (AvgIpc) is 2.39. The van der Waals surface area contributed by atoms with E-state index in [2.05, 4.69) is 17.6 Å². The van der Waals surface area contributed by atoms with E-state index in [9.17, 15) is 4.79 Å². The number of rotatable bonds is 8. The van der Waals surface area contributed by atoms with Crippen LogP contribution in [0.4, 0.5) is 0 Å². The van der Waals surface area contributed by atoms with Crippen LogP contribution in [-0.4, -0.2) is 32.1 Å². The summed E-state index contributed by atoms with van der Waals surface area (Å²) in [5.41, 5.74) is 2.17. The Labute approximate surface area is 115 Å². The summed E-state index contributed by atoms with van der Waals surface area (Å²) in [5.74, 6) is 0.693. The van der Waals surface area contributed by atoms with Crippen LogP contribution in [0.3, 0.4) is 0 Å². The van der Waals surface area contributed by atoms with Crippen LogP contribution in [0.2, 0.25) is 0 Å². The van der Waals surface area contributed by atoms with Gasteiger partial charge < -0.3 is 15.4 Å². The van der Waals surface area contributed by atoms with E-state index in [-0.39, 0.29) is 12.5 Å². The van der Waals surface area contributed by atoms with Crippen LogP contribution in [0.25, 0.3) is 0 Å². The molecule has 0 aliphatic carbocycles. The summed E-state index contributed by atoms with van der Waals surface area (Å²) in [6, 6.07) is 5.98. The van der Waals surface area contributed by atoms with Crippen molar-refractivity contribution in [1.82, 2.24) is 10.6 Å². The van der Waals surface area contributed by atoms with E-state index in [0.717, 1.165) is 36.4 Å². The molecule has 1 amide bonds. The topological polar surface area (TPSA) is 50.4 Å². The van der Waals surface area contributed by atoms with Crippen molar-refractivity contribution in [1.29, 1.82) is 0 Å². The van der Waals surface area contributed by atoms with Gasteiger partial charge in [0.2, 0.25) is 0 Å². The minimum Gasteiger partial charge on any atom is -0.483 e. The molecule has 0 atom stereocenters. The highest BCUT2D eigenvalue weighted by atomic mass is 16.5. The third kappa shape index (κ3) is 6.25. The molecular weight excluding hydrogens is 240 g/mol. The fourth-order valence-corrected chi connectivity index (χ4v) is 1.65. The number of aryl methyl sites for hydroxylation is 2. The van der Waals surface area contributed by atoms with Crippen LogP contribution in [0.15, 0.2) is 18.2 Å². The zero-order chi connectivity index (χ0) is 14.1. The van der Waals surface area contributed by atoms with Crippen LogP contribution < -0.4 is 15.4 Å². The number of hydrogen-bond donors (Lipinski definition) is 2. The fourth-order valence-electron chi connectivity index (χ4n) is 1.65. The number of benzene rings is 1. The zero-order valence-electron chi connectivity index (χ0n) is 12.1. The predicted molar refractivity (Wildman–Crippen MR) is 77.6 cm³/mol. The Hall–Kier alpha value is -1.55. The quantitative estimate of drug-likeness (QED) is 0.704. The SMILES string of the molecule is CCCNCCNC(=O)COc1cc(C)ccc1C. The molecule has 106 valence electrons. The van der Waals surface area contributed by atoms with Crippen molar-refractivity contribution >= 4 is 5.91 Å². The monoisotopic (exact) mass is 264 g/mol. The van der Waals surface area contributed by atoms with E-state index in [4.69, 9.17) is 4.74 Å². The molecule has 0 spiro atoms. The minimum atomic E-state index is -0.0841. The predicted octanol–water partition coefficient (Wildman–Crippen LogP) is 1.80. The second kappa shape index (κ2) is 8.53. The second-order valence-corrected chi connectivity index (χ2v) is 4.66. The first-order chi connectivity index (χ1) is 9.13. The zero-order valence-corrected chi connectivity index (χ0v) is 12.1. The highest BCUT2D eigenvalue weighted by Gasteiger charge is 2.04. The summed E-state index contributed by atoms with van der Waals surface area (Å²) >= 11 is 0. The molecule has 0 unspecified atom stereocenters. The van der Waals surface area contributed by atoms with Gasteiger partial charge in [0, 0.05) is 13.1 Å². The first-order valence-electron chi connectivity index (χ1n) is 6.81. The Morgan fingerprint density at radius 1 is 1.21 bits per heavy atom. The number of carbonyl (C=O) groups is 1. The molecule has 4 heteroatoms. The molecule has 1 aromatic rings. The van der Waals surface area contributed by atoms with Gasteiger partial charge in [-0.25, -0.2) is 0 Å². The molecule has 19 heavy (non-hydrogen) atoms. The summed E-state index contributed by atoms with van der Waals surface area (Å²) < 4.78 is 5.53. The second-order valence-electron chi connectivity index (χ2n) is 4.66. The molecule has 1 rings (SSSR count). The molecule has 0 aliphatic heterocycles. The number of ether oxygens (including phenoxy) is 1. The third-order valence-electron chi connectivity index (χ3n) is 2.75. The van der Waals surface area contributed by atoms with Crippen molar-refractivity contribution in [3.63, 3.8) is 0 Å². The maximum absolute atomic E-state index is 11.6. The average molecular weight is 264 g/mol. The van der Waals surface area contributed by atoms with Gasteiger partial charge in [0.05, 0.1) is 0 Å². The molecule has 0 saturated heterocycles. The van der Waals surface area contributed by atoms with E-state index in [0.29, 0.717) is 6.54 Å². The number of carbonyl (C=O) groups excluding carboxylic acids is 1. The molecule has 0 bridgehead atoms. The van der Waals surface area contributed by atoms with Crippen molar-refractivity contribution in [3.8, 4) is 5.75 Å². The molecule has 0 fully saturated rings. The summed E-state index contributed by atoms with van der Waals surface area (Å²) in [5, 5.41) is 6.04. The van der Waals surface area contributed by atoms with E-state index in [1.807, 2.05) is 32.0 Å². The summed E-state index contributed by atoms with van der Waals surface area (Å²) in [6.07, 6.45) is 1.10. The standard InChI is InChI=1S/C15H24N2O2/c1-4-7-16-8-9-17-15(18)11-19-14-10-12(2)5-6-13(14)3/h5-6,10,16H,4,7-9,11H2,1-3H3,(H,17,18). The summed E-state index contributed by atoms with van der Waals surface area (Å²) in [4.78, 5) is 11.6. The molecule has 4 nitrogen and oxygen atoms in total. The highest BCUT2D eigenvalue weighted by molar-refractivity contribution is 5.77. The lowest BCUT2D eigenvalue weighted by Gasteiger charge is -2.10. The summed E-state index contributed by atoms with van der Waals surface area (Å²) in [7, 11) is 0. The Morgan fingerprint density at radius 2 is 2.00 bits per heavy atom. The van der Waals surface area contributed by atoms with Gasteiger partial charge in [-0.1, -0.05) is 19.1 Å². The number of hydrogen-bond acceptors (Lipinski definition) is 3. The first-order valence-corrected chi connectivity index (χ1v) is 6.81. The van der Waals surface area contributed by atoms with E-state index in [1.54, 1.807) is 0 Å². The molecule has 0 aliphatic rings. The number of amides is 1. The Kier molecular flexibility index (Phi) is 6.97. The van der Waals surface area contributed by atoms with Crippen molar-refractivity contribution in [2.75, 3.05) is 26.2 Å². The van der Waals surface area contributed by atoms with Crippen molar-refractivity contribution in [2.45, 2.75) is 27.2 Å². The van der Waals surface area contributed by atoms with Crippen molar-refractivity contribution < 1.29 is 9.53 Å². The van der Waals surface area contributed by atoms with Crippen LogP contribution in [-0.2, 0) is 4.79 Å². The maximum Gasteiger partial charge on any atom is 0.257 e. The van der Waals surface area contributed by atoms with Gasteiger partial charge in [0.15, 0.2) is 6.61 Å². The maximum atomic E-state index is 11.6. The molecular formula is C15H24N2O2. The van der Waals surface area contributed by atoms with Gasteiger partial charge >= 0.3 is 0 Å². The van der Waals surface area contributed by atoms with Crippen molar-refractivity contribution in [2.24, 2.45) is 0 Å². The minimum absolute atomic E-state index is 0.0675. The molecule has 0 aromatic heterocycles. The smallest absolute Gasteiger partial charge is 0.257 e. The molecule has 2 N–H and O–H groups in total. The van der Waals surface area contributed by atoms with Crippen LogP contribution in [0, 0.1) is 13.8 Å². The number of nitrogens with one attached hydrogen (secondary N) is 2. The highest BCUT2D eigenvalue weighted by Crippen LogP contribution is 2.18. The van der Waals surface area contributed by atoms with E-state index in [1.165, 1.54) is 0 Å². The summed E-state index contributed by atoms with van der Waals surface area (Å²) in [6.45, 7) is 8.57. The van der Waals surface area contributed by atoms with E-state index < -0.39 is 0 Å². The van der Waals surface area contributed by atoms with Crippen LogP contribution >= 0.6 is 0 Å².